The zero-order valence-corrected chi connectivity index (χ0v) is 11.0. The standard InChI is InChI=1S/C6H9.3ClH.Sn/c1-3-5-6-4-2;;;;/h3H,4H2,1-2H3;3*1H;/q;;;;+3/p-3. The quantitative estimate of drug-likeness (QED) is 0.539. The molecule has 0 aromatic carbocycles. The van der Waals surface area contributed by atoms with Crippen molar-refractivity contribution < 1.29 is 0 Å². The van der Waals surface area contributed by atoms with E-state index in [0.717, 1.165) is 10.0 Å². The van der Waals surface area contributed by atoms with Crippen LogP contribution in [0.2, 0.25) is 0 Å². The predicted molar refractivity (Wildman–Crippen MR) is 50.9 cm³/mol. The summed E-state index contributed by atoms with van der Waals surface area (Å²) in [6, 6.07) is 0. The monoisotopic (exact) mass is 306 g/mol. The normalized spacial score (nSPS) is 10.5. The van der Waals surface area contributed by atoms with Crippen LogP contribution in [0.1, 0.15) is 20.3 Å². The van der Waals surface area contributed by atoms with Gasteiger partial charge in [-0.15, -0.1) is 0 Å². The zero-order chi connectivity index (χ0) is 8.20. The van der Waals surface area contributed by atoms with Crippen molar-refractivity contribution in [2.24, 2.45) is 0 Å². The fraction of sp³-hybridized carbons (Fsp3) is 0.500. The molecule has 0 nitrogen and oxygen atoms in total. The van der Waals surface area contributed by atoms with E-state index >= 15 is 0 Å². The molecule has 58 valence electrons. The molecule has 0 N–H and O–H groups in total. The van der Waals surface area contributed by atoms with E-state index in [2.05, 4.69) is 5.73 Å². The van der Waals surface area contributed by atoms with E-state index in [9.17, 15) is 0 Å². The second-order valence-corrected chi connectivity index (χ2v) is 21.6. The molecule has 0 aliphatic rings. The maximum atomic E-state index is 5.80. The number of rotatable bonds is 2. The van der Waals surface area contributed by atoms with Crippen LogP contribution < -0.4 is 0 Å². The van der Waals surface area contributed by atoms with Crippen LogP contribution >= 0.6 is 26.8 Å². The minimum atomic E-state index is -3.30. The fourth-order valence-corrected chi connectivity index (χ4v) is 6.37. The Balaban J connectivity index is 4.54. The van der Waals surface area contributed by atoms with Gasteiger partial charge in [0.25, 0.3) is 0 Å². The number of hydrogen-bond donors (Lipinski definition) is 0. The van der Waals surface area contributed by atoms with Crippen molar-refractivity contribution in [2.75, 3.05) is 0 Å². The van der Waals surface area contributed by atoms with E-state index in [-0.39, 0.29) is 0 Å². The SMILES string of the molecule is CC=C=[C](CC)[Sn]([Cl])([Cl])[Cl]. The molecule has 0 atom stereocenters. The maximum absolute atomic E-state index is 5.80. The van der Waals surface area contributed by atoms with Gasteiger partial charge in [0.2, 0.25) is 0 Å². The van der Waals surface area contributed by atoms with Gasteiger partial charge in [-0.1, -0.05) is 0 Å². The Morgan fingerprint density at radius 3 is 2.10 bits per heavy atom. The van der Waals surface area contributed by atoms with Crippen LogP contribution in [0.15, 0.2) is 15.4 Å². The van der Waals surface area contributed by atoms with Crippen molar-refractivity contribution in [2.45, 2.75) is 20.3 Å². The molecule has 0 radical (unpaired) electrons. The summed E-state index contributed by atoms with van der Waals surface area (Å²) in [6.07, 6.45) is 2.59. The first-order chi connectivity index (χ1) is 4.52. The summed E-state index contributed by atoms with van der Waals surface area (Å²) in [5.41, 5.74) is 2.96. The Hall–Kier alpha value is 1.19. The molecule has 0 aliphatic heterocycles. The van der Waals surface area contributed by atoms with Gasteiger partial charge in [-0.3, -0.25) is 0 Å². The van der Waals surface area contributed by atoms with Gasteiger partial charge in [0, 0.05) is 0 Å². The topological polar surface area (TPSA) is 0 Å². The molecule has 0 heterocycles. The molecule has 0 bridgehead atoms. The summed E-state index contributed by atoms with van der Waals surface area (Å²) in [4.78, 5) is 0. The number of allylic oxidation sites excluding steroid dienone is 1. The van der Waals surface area contributed by atoms with Crippen LogP contribution in [-0.2, 0) is 0 Å². The van der Waals surface area contributed by atoms with Crippen molar-refractivity contribution >= 4 is 41.8 Å². The third-order valence-electron chi connectivity index (χ3n) is 1.01. The van der Waals surface area contributed by atoms with Gasteiger partial charge >= 0.3 is 77.4 Å². The Labute approximate surface area is 76.9 Å². The first-order valence-electron chi connectivity index (χ1n) is 2.99. The van der Waals surface area contributed by atoms with Gasteiger partial charge in [-0.05, 0) is 0 Å². The van der Waals surface area contributed by atoms with Crippen LogP contribution in [0.25, 0.3) is 0 Å². The second-order valence-electron chi connectivity index (χ2n) is 1.76. The molecule has 0 saturated heterocycles. The molecule has 0 unspecified atom stereocenters. The van der Waals surface area contributed by atoms with E-state index in [1.54, 1.807) is 6.08 Å². The van der Waals surface area contributed by atoms with E-state index in [0.29, 0.717) is 0 Å². The molecule has 0 rings (SSSR count). The van der Waals surface area contributed by atoms with Crippen LogP contribution in [0, 0.1) is 0 Å². The molecule has 0 aromatic heterocycles. The Bertz CT molecular complexity index is 162. The second kappa shape index (κ2) is 4.95. The van der Waals surface area contributed by atoms with Crippen LogP contribution in [0.5, 0.6) is 0 Å². The van der Waals surface area contributed by atoms with Gasteiger partial charge < -0.3 is 0 Å². The summed E-state index contributed by atoms with van der Waals surface area (Å²) in [7, 11) is 17.4. The minimum absolute atomic E-state index is 0.802. The van der Waals surface area contributed by atoms with Gasteiger partial charge in [0.1, 0.15) is 0 Å². The van der Waals surface area contributed by atoms with Gasteiger partial charge in [-0.2, -0.15) is 0 Å². The fourth-order valence-electron chi connectivity index (χ4n) is 0.559. The molecule has 0 aromatic rings. The van der Waals surface area contributed by atoms with E-state index in [1.807, 2.05) is 13.8 Å². The van der Waals surface area contributed by atoms with Gasteiger partial charge in [-0.25, -0.2) is 0 Å². The summed E-state index contributed by atoms with van der Waals surface area (Å²) >= 11 is -3.30. The average molecular weight is 306 g/mol. The molecular formula is C6H9Cl3Sn. The molecular weight excluding hydrogens is 297 g/mol. The molecule has 0 saturated carbocycles. The molecule has 0 spiro atoms. The average Bonchev–Trinajstić information content (AvgIpc) is 1.80. The summed E-state index contributed by atoms with van der Waals surface area (Å²) < 4.78 is 0.904. The van der Waals surface area contributed by atoms with Gasteiger partial charge in [0.15, 0.2) is 0 Å². The van der Waals surface area contributed by atoms with E-state index < -0.39 is 15.0 Å². The van der Waals surface area contributed by atoms with Crippen LogP contribution in [-0.4, -0.2) is 15.0 Å². The van der Waals surface area contributed by atoms with Crippen LogP contribution in [0.3, 0.4) is 0 Å². The number of hydrogen-bond acceptors (Lipinski definition) is 0. The Kier molecular flexibility index (Phi) is 5.53. The van der Waals surface area contributed by atoms with Crippen molar-refractivity contribution in [3.8, 4) is 0 Å². The first-order valence-corrected chi connectivity index (χ1v) is 15.3. The first kappa shape index (κ1) is 11.2. The number of halogens is 3. The zero-order valence-electron chi connectivity index (χ0n) is 5.92. The predicted octanol–water partition coefficient (Wildman–Crippen LogP) is 3.69. The Morgan fingerprint density at radius 2 is 2.00 bits per heavy atom. The van der Waals surface area contributed by atoms with Crippen molar-refractivity contribution in [3.05, 3.63) is 15.4 Å². The molecule has 10 heavy (non-hydrogen) atoms. The third kappa shape index (κ3) is 4.15. The Morgan fingerprint density at radius 1 is 1.50 bits per heavy atom. The summed E-state index contributed by atoms with van der Waals surface area (Å²) in [5, 5.41) is 0. The molecule has 0 fully saturated rings. The van der Waals surface area contributed by atoms with E-state index in [4.69, 9.17) is 26.8 Å². The van der Waals surface area contributed by atoms with Crippen molar-refractivity contribution in [1.29, 1.82) is 0 Å². The van der Waals surface area contributed by atoms with Crippen LogP contribution in [0.4, 0.5) is 0 Å². The summed E-state index contributed by atoms with van der Waals surface area (Å²) in [6.45, 7) is 3.85. The van der Waals surface area contributed by atoms with Crippen molar-refractivity contribution in [1.82, 2.24) is 0 Å². The molecule has 0 amide bonds. The molecule has 0 aliphatic carbocycles. The van der Waals surface area contributed by atoms with Crippen molar-refractivity contribution in [3.63, 3.8) is 0 Å². The van der Waals surface area contributed by atoms with E-state index in [1.165, 1.54) is 0 Å². The summed E-state index contributed by atoms with van der Waals surface area (Å²) in [5.74, 6) is 0. The van der Waals surface area contributed by atoms with Gasteiger partial charge in [0.05, 0.1) is 0 Å². The molecule has 4 heteroatoms. The third-order valence-corrected chi connectivity index (χ3v) is 8.98.